The Morgan fingerprint density at radius 2 is 1.53 bits per heavy atom. The highest BCUT2D eigenvalue weighted by Crippen LogP contribution is 2.46. The summed E-state index contributed by atoms with van der Waals surface area (Å²) in [7, 11) is 0. The van der Waals surface area contributed by atoms with E-state index in [2.05, 4.69) is 10.6 Å². The number of carboxylic acid groups (broad SMARTS) is 2. The van der Waals surface area contributed by atoms with Gasteiger partial charge in [-0.3, -0.25) is 19.2 Å². The molecule has 3 aromatic rings. The predicted molar refractivity (Wildman–Crippen MR) is 210 cm³/mol. The zero-order valence-corrected chi connectivity index (χ0v) is 33.2. The molecule has 3 aromatic carbocycles. The van der Waals surface area contributed by atoms with Crippen LogP contribution in [0, 0.1) is 17.2 Å². The molecule has 0 aromatic heterocycles. The first-order valence-corrected chi connectivity index (χ1v) is 19.6. The number of β-lactam (4-membered cyclic amide) rings is 1. The fraction of sp³-hybridized carbons (Fsp3) is 0.410. The van der Waals surface area contributed by atoms with Crippen molar-refractivity contribution in [3.05, 3.63) is 89.7 Å². The fourth-order valence-electron chi connectivity index (χ4n) is 5.24. The van der Waals surface area contributed by atoms with Gasteiger partial charge in [0.2, 0.25) is 11.8 Å². The number of ether oxygens (including phenoxy) is 1. The molecule has 13 nitrogen and oxygen atoms in total. The van der Waals surface area contributed by atoms with E-state index < -0.39 is 71.0 Å². The molecule has 4 rings (SSSR count). The summed E-state index contributed by atoms with van der Waals surface area (Å²) < 4.78 is 19.2. The predicted octanol–water partition coefficient (Wildman–Crippen LogP) is 4.64. The monoisotopic (exact) mass is 800 g/mol. The van der Waals surface area contributed by atoms with Crippen LogP contribution in [0.15, 0.2) is 77.7 Å². The van der Waals surface area contributed by atoms with Crippen LogP contribution in [0.25, 0.3) is 0 Å². The molecular weight excluding hydrogens is 752 g/mol. The molecule has 0 spiro atoms. The van der Waals surface area contributed by atoms with Gasteiger partial charge in [-0.1, -0.05) is 58.9 Å². The lowest BCUT2D eigenvalue weighted by atomic mass is 9.87. The van der Waals surface area contributed by atoms with E-state index in [0.717, 1.165) is 16.0 Å². The molecule has 1 aliphatic heterocycles. The zero-order valence-electron chi connectivity index (χ0n) is 31.5. The molecule has 3 amide bonds. The molecule has 16 heteroatoms. The maximum atomic E-state index is 13.6. The van der Waals surface area contributed by atoms with E-state index in [-0.39, 0.29) is 18.4 Å². The van der Waals surface area contributed by atoms with Crippen LogP contribution in [0.3, 0.4) is 0 Å². The fourth-order valence-corrected chi connectivity index (χ4v) is 6.95. The summed E-state index contributed by atoms with van der Waals surface area (Å²) in [4.78, 5) is 62.0. The summed E-state index contributed by atoms with van der Waals surface area (Å²) >= 11 is 2.96. The van der Waals surface area contributed by atoms with E-state index in [1.54, 1.807) is 87.7 Å². The molecule has 1 heterocycles. The molecule has 0 bridgehead atoms. The molecule has 1 fully saturated rings. The first kappa shape index (κ1) is 44.8. The number of benzene rings is 3. The molecular formula is C39H49FN4O9S2. The third-order valence-corrected chi connectivity index (χ3v) is 10.6. The Bertz CT molecular complexity index is 1770. The molecule has 5 atom stereocenters. The minimum Gasteiger partial charge on any atom is -0.484 e. The van der Waals surface area contributed by atoms with Crippen molar-refractivity contribution in [1.29, 1.82) is 0 Å². The minimum absolute atomic E-state index is 0.0208. The first-order chi connectivity index (χ1) is 25.8. The number of aliphatic hydroxyl groups is 1. The highest BCUT2D eigenvalue weighted by Gasteiger charge is 2.49. The number of nitrogens with one attached hydrogen (secondary N) is 2. The molecule has 0 aliphatic carbocycles. The Morgan fingerprint density at radius 3 is 2.02 bits per heavy atom. The van der Waals surface area contributed by atoms with Gasteiger partial charge in [-0.2, -0.15) is 0 Å². The number of carbonyl (C=O) groups is 5. The van der Waals surface area contributed by atoms with Crippen molar-refractivity contribution < 1.29 is 48.4 Å². The van der Waals surface area contributed by atoms with Gasteiger partial charge in [-0.25, -0.2) is 9.18 Å². The number of aliphatic hydroxyl groups excluding tert-OH is 1. The van der Waals surface area contributed by atoms with Crippen molar-refractivity contribution in [2.45, 2.75) is 69.0 Å². The number of nitrogens with zero attached hydrogens (tertiary/aromatic N) is 1. The number of halogens is 1. The van der Waals surface area contributed by atoms with Gasteiger partial charge in [0.25, 0.3) is 5.91 Å². The van der Waals surface area contributed by atoms with Gasteiger partial charge in [-0.05, 0) is 77.2 Å². The lowest BCUT2D eigenvalue weighted by Gasteiger charge is -2.47. The summed E-state index contributed by atoms with van der Waals surface area (Å²) in [6, 6.07) is 17.9. The van der Waals surface area contributed by atoms with Gasteiger partial charge in [0, 0.05) is 16.3 Å². The highest BCUT2D eigenvalue weighted by atomic mass is 32.2. The van der Waals surface area contributed by atoms with Crippen molar-refractivity contribution in [2.24, 2.45) is 17.1 Å². The van der Waals surface area contributed by atoms with Gasteiger partial charge < -0.3 is 41.3 Å². The second-order valence-corrected chi connectivity index (χ2v) is 16.2. The van der Waals surface area contributed by atoms with Crippen molar-refractivity contribution in [1.82, 2.24) is 10.6 Å². The number of rotatable bonds is 16. The molecule has 298 valence electrons. The van der Waals surface area contributed by atoms with E-state index in [9.17, 15) is 38.6 Å². The van der Waals surface area contributed by atoms with Crippen LogP contribution in [0.1, 0.15) is 57.9 Å². The average Bonchev–Trinajstić information content (AvgIpc) is 3.14. The zero-order chi connectivity index (χ0) is 41.0. The Morgan fingerprint density at radius 1 is 0.927 bits per heavy atom. The maximum absolute atomic E-state index is 13.6. The third-order valence-electron chi connectivity index (χ3n) is 8.54. The average molecular weight is 801 g/mol. The van der Waals surface area contributed by atoms with E-state index in [1.165, 1.54) is 23.9 Å². The molecule has 0 radical (unpaired) electrons. The lowest BCUT2D eigenvalue weighted by Crippen LogP contribution is -2.57. The van der Waals surface area contributed by atoms with E-state index in [4.69, 9.17) is 15.6 Å². The largest absolute Gasteiger partial charge is 0.484 e. The molecule has 1 saturated heterocycles. The number of carbonyl (C=O) groups excluding carboxylic acids is 3. The first-order valence-electron chi connectivity index (χ1n) is 17.4. The highest BCUT2D eigenvalue weighted by molar-refractivity contribution is 8.00. The van der Waals surface area contributed by atoms with Gasteiger partial charge in [0.1, 0.15) is 28.9 Å². The second-order valence-electron chi connectivity index (χ2n) is 14.1. The Kier molecular flexibility index (Phi) is 16.5. The number of hydrogen-bond donors (Lipinski definition) is 6. The quantitative estimate of drug-likeness (QED) is 0.0866. The van der Waals surface area contributed by atoms with E-state index >= 15 is 0 Å². The lowest BCUT2D eigenvalue weighted by molar-refractivity contribution is -0.144. The molecule has 1 aliphatic rings. The third kappa shape index (κ3) is 13.0. The van der Waals surface area contributed by atoms with Gasteiger partial charge >= 0.3 is 11.9 Å². The van der Waals surface area contributed by atoms with Crippen LogP contribution < -0.4 is 26.0 Å². The second kappa shape index (κ2) is 20.3. The molecule has 7 N–H and O–H groups in total. The summed E-state index contributed by atoms with van der Waals surface area (Å²) in [5.41, 5.74) is 6.53. The van der Waals surface area contributed by atoms with Gasteiger partial charge in [0.15, 0.2) is 6.61 Å². The van der Waals surface area contributed by atoms with Crippen LogP contribution in [-0.2, 0) is 24.0 Å². The number of hydrogen-bond acceptors (Lipinski definition) is 10. The number of amides is 3. The van der Waals surface area contributed by atoms with Crippen molar-refractivity contribution in [3.63, 3.8) is 0 Å². The number of nitrogens with two attached hydrogens (primary N) is 1. The number of carboxylic acids is 2. The van der Waals surface area contributed by atoms with Crippen molar-refractivity contribution in [2.75, 3.05) is 30.1 Å². The van der Waals surface area contributed by atoms with Crippen LogP contribution in [0.4, 0.5) is 10.1 Å². The summed E-state index contributed by atoms with van der Waals surface area (Å²) in [6.45, 7) is 7.81. The van der Waals surface area contributed by atoms with E-state index in [1.807, 2.05) is 30.5 Å². The van der Waals surface area contributed by atoms with Crippen LogP contribution in [-0.4, -0.2) is 87.5 Å². The maximum Gasteiger partial charge on any atom is 0.326 e. The SMILES string of the molecule is CC(C)[C@H](N)C(=O)O.CSc1ccc(C(O)CS[C@H]2C(=O)N(c3ccc(F)cc3)[C@@H]2c2ccc(OCC(=O)NCC(=O)N[C@@H](C(=O)O)C(C)(C)C)cc2)cc1. The summed E-state index contributed by atoms with van der Waals surface area (Å²) in [6.07, 6.45) is 1.21. The Labute approximate surface area is 328 Å². The van der Waals surface area contributed by atoms with Crippen LogP contribution >= 0.6 is 23.5 Å². The Hall–Kier alpha value is -4.64. The molecule has 0 saturated carbocycles. The summed E-state index contributed by atoms with van der Waals surface area (Å²) in [5, 5.41) is 32.7. The van der Waals surface area contributed by atoms with Gasteiger partial charge in [0.05, 0.1) is 18.7 Å². The van der Waals surface area contributed by atoms with E-state index in [0.29, 0.717) is 17.2 Å². The number of anilines is 1. The van der Waals surface area contributed by atoms with Crippen LogP contribution in [0.2, 0.25) is 0 Å². The minimum atomic E-state index is -1.17. The normalized spacial score (nSPS) is 16.8. The smallest absolute Gasteiger partial charge is 0.326 e. The number of aliphatic carboxylic acids is 2. The molecule has 1 unspecified atom stereocenters. The van der Waals surface area contributed by atoms with Crippen LogP contribution in [0.5, 0.6) is 5.75 Å². The Balaban J connectivity index is 0.000000912. The van der Waals surface area contributed by atoms with Crippen molar-refractivity contribution in [3.8, 4) is 5.75 Å². The molecule has 55 heavy (non-hydrogen) atoms. The van der Waals surface area contributed by atoms with Crippen molar-refractivity contribution >= 4 is 58.9 Å². The van der Waals surface area contributed by atoms with Gasteiger partial charge in [-0.15, -0.1) is 23.5 Å². The standard InChI is InChI=1S/C34H38FN3O7S2.C5H11NO2/c1-34(2,3)31(33(43)44)37-27(40)17-36-28(41)18-45-24-13-5-21(6-14-24)29-30(32(42)38(29)23-11-9-22(35)10-12-23)47-19-26(39)20-7-15-25(46-4)16-8-20;1-3(2)4(6)5(7)8/h5-16,26,29-31,39H,17-19H2,1-4H3,(H,36,41)(H,37,40)(H,43,44);3-4H,6H2,1-2H3,(H,7,8)/t26?,29-,30-,31+;4-/m10/s1. The summed E-state index contributed by atoms with van der Waals surface area (Å²) in [5.74, 6) is -3.20. The topological polar surface area (TPSA) is 209 Å². The number of thioether (sulfide) groups is 2.